The van der Waals surface area contributed by atoms with Crippen molar-refractivity contribution in [3.63, 3.8) is 0 Å². The van der Waals surface area contributed by atoms with Crippen LogP contribution in [0.2, 0.25) is 0 Å². The van der Waals surface area contributed by atoms with E-state index in [2.05, 4.69) is 20.8 Å². The van der Waals surface area contributed by atoms with E-state index in [4.69, 9.17) is 0 Å². The molecule has 3 N–H and O–H groups in total. The molecule has 2 amide bonds. The first-order chi connectivity index (χ1) is 9.13. The summed E-state index contributed by atoms with van der Waals surface area (Å²) >= 11 is 0. The number of anilines is 2. The second kappa shape index (κ2) is 5.81. The molecule has 0 spiro atoms. The third-order valence-corrected chi connectivity index (χ3v) is 2.40. The molecule has 0 atom stereocenters. The highest BCUT2D eigenvalue weighted by molar-refractivity contribution is 5.93. The molecule has 6 heteroatoms. The molecule has 0 saturated heterocycles. The molecular weight excluding hydrogens is 244 g/mol. The third-order valence-electron chi connectivity index (χ3n) is 2.40. The van der Waals surface area contributed by atoms with Gasteiger partial charge in [-0.05, 0) is 30.3 Å². The molecule has 0 aliphatic rings. The molecule has 0 bridgehead atoms. The number of aromatic nitrogens is 2. The normalized spacial score (nSPS) is 9.95. The maximum atomic E-state index is 11.7. The summed E-state index contributed by atoms with van der Waals surface area (Å²) in [6.07, 6.45) is 1.85. The van der Waals surface area contributed by atoms with Gasteiger partial charge < -0.3 is 10.6 Å². The van der Waals surface area contributed by atoms with Crippen LogP contribution in [0.15, 0.2) is 36.5 Å². The Kier molecular flexibility index (Phi) is 3.92. The van der Waals surface area contributed by atoms with Gasteiger partial charge in [0.2, 0.25) is 11.8 Å². The van der Waals surface area contributed by atoms with Gasteiger partial charge in [0.15, 0.2) is 0 Å². The Hall–Kier alpha value is -2.63. The molecule has 1 aromatic heterocycles. The minimum atomic E-state index is -0.129. The van der Waals surface area contributed by atoms with Gasteiger partial charge >= 0.3 is 0 Å². The Bertz CT molecular complexity index is 561. The smallest absolute Gasteiger partial charge is 0.230 e. The highest BCUT2D eigenvalue weighted by Gasteiger charge is 2.05. The fraction of sp³-hybridized carbons (Fsp3) is 0.154. The van der Waals surface area contributed by atoms with Gasteiger partial charge in [-0.25, -0.2) is 0 Å². The number of hydrogen-bond donors (Lipinski definition) is 3. The predicted octanol–water partition coefficient (Wildman–Crippen LogP) is 1.55. The van der Waals surface area contributed by atoms with Crippen LogP contribution in [0.3, 0.4) is 0 Å². The molecule has 0 unspecified atom stereocenters. The van der Waals surface area contributed by atoms with Crippen molar-refractivity contribution in [2.75, 3.05) is 10.6 Å². The molecule has 1 aromatic carbocycles. The largest absolute Gasteiger partial charge is 0.326 e. The van der Waals surface area contributed by atoms with Gasteiger partial charge in [0.25, 0.3) is 0 Å². The van der Waals surface area contributed by atoms with Gasteiger partial charge in [0.05, 0.1) is 6.42 Å². The summed E-state index contributed by atoms with van der Waals surface area (Å²) in [7, 11) is 0. The third kappa shape index (κ3) is 3.95. The second-order valence-corrected chi connectivity index (χ2v) is 4.07. The van der Waals surface area contributed by atoms with Crippen LogP contribution in [-0.2, 0) is 16.0 Å². The number of amides is 2. The molecular formula is C13H14N4O2. The zero-order valence-electron chi connectivity index (χ0n) is 10.4. The standard InChI is InChI=1S/C13H14N4O2/c1-9(18)15-10-2-4-11(5-3-10)16-13(19)8-12-6-7-14-17-12/h2-7H,8H2,1H3,(H,14,17)(H,15,18)(H,16,19). The van der Waals surface area contributed by atoms with Crippen molar-refractivity contribution in [2.45, 2.75) is 13.3 Å². The Morgan fingerprint density at radius 3 is 2.26 bits per heavy atom. The molecule has 0 radical (unpaired) electrons. The molecule has 0 saturated carbocycles. The SMILES string of the molecule is CC(=O)Nc1ccc(NC(=O)Cc2ccn[nH]2)cc1. The fourth-order valence-electron chi connectivity index (χ4n) is 1.60. The van der Waals surface area contributed by atoms with E-state index < -0.39 is 0 Å². The van der Waals surface area contributed by atoms with E-state index in [9.17, 15) is 9.59 Å². The van der Waals surface area contributed by atoms with Gasteiger partial charge in [-0.3, -0.25) is 14.7 Å². The number of carbonyl (C=O) groups is 2. The number of H-pyrrole nitrogens is 1. The molecule has 0 fully saturated rings. The Morgan fingerprint density at radius 1 is 1.11 bits per heavy atom. The number of benzene rings is 1. The van der Waals surface area contributed by atoms with Gasteiger partial charge in [-0.15, -0.1) is 0 Å². The van der Waals surface area contributed by atoms with Gasteiger partial charge in [0.1, 0.15) is 0 Å². The summed E-state index contributed by atoms with van der Waals surface area (Å²) in [5.74, 6) is -0.257. The molecule has 0 aliphatic carbocycles. The number of aromatic amines is 1. The predicted molar refractivity (Wildman–Crippen MR) is 71.7 cm³/mol. The maximum absolute atomic E-state index is 11.7. The summed E-state index contributed by atoms with van der Waals surface area (Å²) in [5, 5.41) is 11.9. The highest BCUT2D eigenvalue weighted by Crippen LogP contribution is 2.13. The first kappa shape index (κ1) is 12.8. The Morgan fingerprint density at radius 2 is 1.74 bits per heavy atom. The topological polar surface area (TPSA) is 86.9 Å². The molecule has 19 heavy (non-hydrogen) atoms. The molecule has 98 valence electrons. The van der Waals surface area contributed by atoms with Crippen LogP contribution in [0.1, 0.15) is 12.6 Å². The molecule has 6 nitrogen and oxygen atoms in total. The number of rotatable bonds is 4. The minimum Gasteiger partial charge on any atom is -0.326 e. The van der Waals surface area contributed by atoms with E-state index in [1.54, 1.807) is 36.5 Å². The van der Waals surface area contributed by atoms with Crippen molar-refractivity contribution in [2.24, 2.45) is 0 Å². The van der Waals surface area contributed by atoms with Crippen molar-refractivity contribution >= 4 is 23.2 Å². The van der Waals surface area contributed by atoms with Crippen molar-refractivity contribution in [3.8, 4) is 0 Å². The zero-order chi connectivity index (χ0) is 13.7. The van der Waals surface area contributed by atoms with Crippen LogP contribution < -0.4 is 10.6 Å². The fourth-order valence-corrected chi connectivity index (χ4v) is 1.60. The monoisotopic (exact) mass is 258 g/mol. The van der Waals surface area contributed by atoms with E-state index in [0.717, 1.165) is 5.69 Å². The maximum Gasteiger partial charge on any atom is 0.230 e. The van der Waals surface area contributed by atoms with Crippen molar-refractivity contribution in [1.29, 1.82) is 0 Å². The van der Waals surface area contributed by atoms with E-state index in [1.807, 2.05) is 0 Å². The quantitative estimate of drug-likeness (QED) is 0.777. The van der Waals surface area contributed by atoms with E-state index in [0.29, 0.717) is 11.4 Å². The number of nitrogens with zero attached hydrogens (tertiary/aromatic N) is 1. The molecule has 1 heterocycles. The number of nitrogens with one attached hydrogen (secondary N) is 3. The minimum absolute atomic E-state index is 0.128. The summed E-state index contributed by atoms with van der Waals surface area (Å²) in [4.78, 5) is 22.6. The van der Waals surface area contributed by atoms with Crippen LogP contribution in [0.5, 0.6) is 0 Å². The average Bonchev–Trinajstić information content (AvgIpc) is 2.83. The highest BCUT2D eigenvalue weighted by atomic mass is 16.2. The Balaban J connectivity index is 1.92. The first-order valence-corrected chi connectivity index (χ1v) is 5.79. The van der Waals surface area contributed by atoms with Gasteiger partial charge in [0, 0.05) is 30.2 Å². The van der Waals surface area contributed by atoms with E-state index in [-0.39, 0.29) is 18.2 Å². The second-order valence-electron chi connectivity index (χ2n) is 4.07. The number of hydrogen-bond acceptors (Lipinski definition) is 3. The molecule has 0 aliphatic heterocycles. The lowest BCUT2D eigenvalue weighted by Gasteiger charge is -2.06. The summed E-state index contributed by atoms with van der Waals surface area (Å²) in [5.41, 5.74) is 2.13. The molecule has 2 aromatic rings. The summed E-state index contributed by atoms with van der Waals surface area (Å²) in [6.45, 7) is 1.44. The lowest BCUT2D eigenvalue weighted by Crippen LogP contribution is -2.14. The van der Waals surface area contributed by atoms with Gasteiger partial charge in [-0.1, -0.05) is 0 Å². The van der Waals surface area contributed by atoms with E-state index >= 15 is 0 Å². The van der Waals surface area contributed by atoms with Gasteiger partial charge in [-0.2, -0.15) is 5.10 Å². The average molecular weight is 258 g/mol. The van der Waals surface area contributed by atoms with E-state index in [1.165, 1.54) is 6.92 Å². The zero-order valence-corrected chi connectivity index (χ0v) is 10.4. The van der Waals surface area contributed by atoms with Crippen LogP contribution in [-0.4, -0.2) is 22.0 Å². The van der Waals surface area contributed by atoms with Crippen molar-refractivity contribution in [1.82, 2.24) is 10.2 Å². The van der Waals surface area contributed by atoms with Crippen LogP contribution in [0.4, 0.5) is 11.4 Å². The van der Waals surface area contributed by atoms with Crippen LogP contribution in [0, 0.1) is 0 Å². The lowest BCUT2D eigenvalue weighted by molar-refractivity contribution is -0.116. The lowest BCUT2D eigenvalue weighted by atomic mass is 10.2. The van der Waals surface area contributed by atoms with Crippen molar-refractivity contribution in [3.05, 3.63) is 42.2 Å². The molecule has 2 rings (SSSR count). The van der Waals surface area contributed by atoms with Crippen LogP contribution >= 0.6 is 0 Å². The summed E-state index contributed by atoms with van der Waals surface area (Å²) in [6, 6.07) is 8.67. The summed E-state index contributed by atoms with van der Waals surface area (Å²) < 4.78 is 0. The first-order valence-electron chi connectivity index (χ1n) is 5.79. The van der Waals surface area contributed by atoms with Crippen molar-refractivity contribution < 1.29 is 9.59 Å². The van der Waals surface area contributed by atoms with Crippen LogP contribution in [0.25, 0.3) is 0 Å². The number of carbonyl (C=O) groups excluding carboxylic acids is 2. The Labute approximate surface area is 110 Å².